The van der Waals surface area contributed by atoms with Gasteiger partial charge in [0.2, 0.25) is 0 Å². The largest absolute Gasteiger partial charge is 0.0718 e. The number of allylic oxidation sites excluding steroid dienone is 2. The van der Waals surface area contributed by atoms with Crippen LogP contribution in [0.5, 0.6) is 0 Å². The molecule has 2 aliphatic rings. The van der Waals surface area contributed by atoms with Gasteiger partial charge in [-0.2, -0.15) is 0 Å². The molecular weight excluding hydrogens is 336 g/mol. The van der Waals surface area contributed by atoms with Crippen LogP contribution in [0.15, 0.2) is 84.9 Å². The minimum atomic E-state index is 0.324. The van der Waals surface area contributed by atoms with Crippen molar-refractivity contribution >= 4 is 33.7 Å². The van der Waals surface area contributed by atoms with Crippen molar-refractivity contribution in [2.75, 3.05) is 0 Å². The molecule has 0 fully saturated rings. The molecule has 2 radical (unpaired) electrons. The lowest BCUT2D eigenvalue weighted by Crippen LogP contribution is -2.20. The lowest BCUT2D eigenvalue weighted by molar-refractivity contribution is 0.710. The first-order valence-corrected chi connectivity index (χ1v) is 9.95. The standard InChI is InChI=1S/C28H20/c1-18(23-16-14-21-8-2-6-19-10-4-12-25(23)27(19)21)24-17-15-22-9-3-7-20-11-5-13-26(24)28(20)22/h2-18H,1H3. The van der Waals surface area contributed by atoms with Crippen LogP contribution in [0.2, 0.25) is 0 Å². The Labute approximate surface area is 165 Å². The molecule has 0 aromatic heterocycles. The zero-order chi connectivity index (χ0) is 18.7. The summed E-state index contributed by atoms with van der Waals surface area (Å²) in [5, 5.41) is 5.41. The molecule has 6 rings (SSSR count). The molecule has 0 bridgehead atoms. The maximum atomic E-state index is 2.35. The Kier molecular flexibility index (Phi) is 3.37. The van der Waals surface area contributed by atoms with Crippen molar-refractivity contribution in [1.29, 1.82) is 0 Å². The van der Waals surface area contributed by atoms with Crippen LogP contribution >= 0.6 is 0 Å². The molecule has 0 unspecified atom stereocenters. The normalized spacial score (nSPS) is 15.8. The third kappa shape index (κ3) is 2.18. The highest BCUT2D eigenvalue weighted by atomic mass is 14.3. The van der Waals surface area contributed by atoms with E-state index in [0.29, 0.717) is 5.92 Å². The predicted octanol–water partition coefficient (Wildman–Crippen LogP) is 7.23. The van der Waals surface area contributed by atoms with Gasteiger partial charge >= 0.3 is 0 Å². The van der Waals surface area contributed by atoms with Gasteiger partial charge < -0.3 is 0 Å². The summed E-state index contributed by atoms with van der Waals surface area (Å²) in [6.07, 6.45) is 9.21. The maximum Gasteiger partial charge on any atom is 0.0314 e. The van der Waals surface area contributed by atoms with Crippen LogP contribution in [0.4, 0.5) is 0 Å². The van der Waals surface area contributed by atoms with Gasteiger partial charge in [0.05, 0.1) is 0 Å². The van der Waals surface area contributed by atoms with E-state index >= 15 is 0 Å². The summed E-state index contributed by atoms with van der Waals surface area (Å²) in [5.41, 5.74) is 5.38. The maximum absolute atomic E-state index is 2.35. The Balaban J connectivity index is 1.50. The monoisotopic (exact) mass is 356 g/mol. The Morgan fingerprint density at radius 3 is 1.39 bits per heavy atom. The van der Waals surface area contributed by atoms with Crippen molar-refractivity contribution in [1.82, 2.24) is 0 Å². The van der Waals surface area contributed by atoms with Gasteiger partial charge in [-0.15, -0.1) is 0 Å². The molecule has 0 aliphatic heterocycles. The molecule has 0 atom stereocenters. The van der Waals surface area contributed by atoms with Gasteiger partial charge in [-0.05, 0) is 49.7 Å². The summed E-state index contributed by atoms with van der Waals surface area (Å²) < 4.78 is 0. The minimum Gasteiger partial charge on any atom is -0.0718 e. The van der Waals surface area contributed by atoms with Gasteiger partial charge in [0, 0.05) is 11.8 Å². The molecule has 0 nitrogen and oxygen atoms in total. The van der Waals surface area contributed by atoms with Gasteiger partial charge in [-0.3, -0.25) is 0 Å². The highest BCUT2D eigenvalue weighted by Gasteiger charge is 2.31. The molecule has 0 amide bonds. The van der Waals surface area contributed by atoms with Crippen LogP contribution in [0, 0.1) is 17.8 Å². The SMILES string of the molecule is CC([C]1C=Cc2cccc3cccc1c23)[C]1C=Cc2cccc3cccc1c23. The second kappa shape index (κ2) is 5.94. The van der Waals surface area contributed by atoms with Crippen molar-refractivity contribution < 1.29 is 0 Å². The molecule has 0 heteroatoms. The average Bonchev–Trinajstić information content (AvgIpc) is 2.75. The fourth-order valence-corrected chi connectivity index (χ4v) is 4.96. The number of rotatable bonds is 2. The topological polar surface area (TPSA) is 0 Å². The molecule has 28 heavy (non-hydrogen) atoms. The molecule has 4 aromatic rings. The van der Waals surface area contributed by atoms with E-state index in [2.05, 4.69) is 104 Å². The van der Waals surface area contributed by atoms with E-state index in [4.69, 9.17) is 0 Å². The van der Waals surface area contributed by atoms with Gasteiger partial charge in [-0.25, -0.2) is 0 Å². The van der Waals surface area contributed by atoms with Crippen LogP contribution in [0.25, 0.3) is 33.7 Å². The minimum absolute atomic E-state index is 0.324. The van der Waals surface area contributed by atoms with E-state index in [1.807, 2.05) is 0 Å². The smallest absolute Gasteiger partial charge is 0.0314 e. The first-order chi connectivity index (χ1) is 13.8. The second-order valence-corrected chi connectivity index (χ2v) is 7.80. The van der Waals surface area contributed by atoms with Crippen LogP contribution in [0.3, 0.4) is 0 Å². The van der Waals surface area contributed by atoms with E-state index in [1.54, 1.807) is 0 Å². The quantitative estimate of drug-likeness (QED) is 0.355. The van der Waals surface area contributed by atoms with Crippen molar-refractivity contribution in [3.05, 3.63) is 119 Å². The lowest BCUT2D eigenvalue weighted by Gasteiger charge is -2.32. The molecule has 132 valence electrons. The van der Waals surface area contributed by atoms with Crippen molar-refractivity contribution in [2.45, 2.75) is 6.92 Å². The van der Waals surface area contributed by atoms with Crippen LogP contribution in [-0.4, -0.2) is 0 Å². The first kappa shape index (κ1) is 15.9. The summed E-state index contributed by atoms with van der Waals surface area (Å²) in [7, 11) is 0. The molecule has 0 saturated heterocycles. The number of hydrogen-bond acceptors (Lipinski definition) is 0. The van der Waals surface area contributed by atoms with E-state index in [-0.39, 0.29) is 0 Å². The van der Waals surface area contributed by atoms with E-state index in [0.717, 1.165) is 0 Å². The van der Waals surface area contributed by atoms with E-state index in [9.17, 15) is 0 Å². The van der Waals surface area contributed by atoms with E-state index < -0.39 is 0 Å². The number of hydrogen-bond donors (Lipinski definition) is 0. The molecule has 0 spiro atoms. The van der Waals surface area contributed by atoms with Gasteiger partial charge in [0.25, 0.3) is 0 Å². The molecule has 0 saturated carbocycles. The molecule has 2 aliphatic carbocycles. The van der Waals surface area contributed by atoms with Gasteiger partial charge in [-0.1, -0.05) is 104 Å². The van der Waals surface area contributed by atoms with Gasteiger partial charge in [0.1, 0.15) is 0 Å². The van der Waals surface area contributed by atoms with Crippen molar-refractivity contribution in [3.63, 3.8) is 0 Å². The summed E-state index contributed by atoms with van der Waals surface area (Å²) in [4.78, 5) is 0. The molecular formula is C28H20. The summed E-state index contributed by atoms with van der Waals surface area (Å²) >= 11 is 0. The molecule has 0 N–H and O–H groups in total. The lowest BCUT2D eigenvalue weighted by atomic mass is 9.70. The molecule has 0 heterocycles. The highest BCUT2D eigenvalue weighted by molar-refractivity contribution is 5.99. The third-order valence-electron chi connectivity index (χ3n) is 6.31. The predicted molar refractivity (Wildman–Crippen MR) is 120 cm³/mol. The average molecular weight is 356 g/mol. The fraction of sp³-hybridized carbons (Fsp3) is 0.0714. The third-order valence-corrected chi connectivity index (χ3v) is 6.31. The first-order valence-electron chi connectivity index (χ1n) is 9.95. The fourth-order valence-electron chi connectivity index (χ4n) is 4.96. The van der Waals surface area contributed by atoms with Crippen molar-refractivity contribution in [2.24, 2.45) is 5.92 Å². The van der Waals surface area contributed by atoms with Gasteiger partial charge in [0.15, 0.2) is 0 Å². The zero-order valence-corrected chi connectivity index (χ0v) is 15.8. The van der Waals surface area contributed by atoms with E-state index in [1.165, 1.54) is 55.6 Å². The Hall–Kier alpha value is -3.12. The Morgan fingerprint density at radius 1 is 0.500 bits per heavy atom. The Morgan fingerprint density at radius 2 is 0.929 bits per heavy atom. The van der Waals surface area contributed by atoms with Crippen LogP contribution in [0.1, 0.15) is 29.2 Å². The van der Waals surface area contributed by atoms with Crippen molar-refractivity contribution in [3.8, 4) is 0 Å². The van der Waals surface area contributed by atoms with Crippen LogP contribution < -0.4 is 0 Å². The summed E-state index contributed by atoms with van der Waals surface area (Å²) in [5.74, 6) is 3.13. The summed E-state index contributed by atoms with van der Waals surface area (Å²) in [6.45, 7) is 2.35. The highest BCUT2D eigenvalue weighted by Crippen LogP contribution is 2.45. The zero-order valence-electron chi connectivity index (χ0n) is 15.8. The summed E-state index contributed by atoms with van der Waals surface area (Å²) in [6, 6.07) is 26.5. The van der Waals surface area contributed by atoms with Crippen LogP contribution in [-0.2, 0) is 0 Å². The number of benzene rings is 4. The second-order valence-electron chi connectivity index (χ2n) is 7.80. The Bertz CT molecular complexity index is 1180. The molecule has 4 aromatic carbocycles.